The summed E-state index contributed by atoms with van der Waals surface area (Å²) in [5.74, 6) is 0.708. The van der Waals surface area contributed by atoms with Crippen molar-refractivity contribution < 1.29 is 17.9 Å². The van der Waals surface area contributed by atoms with Crippen LogP contribution in [0.25, 0.3) is 10.2 Å². The Morgan fingerprint density at radius 3 is 2.67 bits per heavy atom. The van der Waals surface area contributed by atoms with Gasteiger partial charge in [0.15, 0.2) is 9.84 Å². The standard InChI is InChI=1S/C14H18N4O4S2/c1-2-22-8-7-9(18-3-5-24(20,21)6-4-18)17-14-10(8)11(15)12(23-14)13(16)19/h7H,2-6,15H2,1H3,(H2,16,19). The molecule has 1 fully saturated rings. The summed E-state index contributed by atoms with van der Waals surface area (Å²) in [6.07, 6.45) is 0. The largest absolute Gasteiger partial charge is 0.493 e. The molecule has 1 saturated heterocycles. The first-order chi connectivity index (χ1) is 11.3. The number of ether oxygens (including phenoxy) is 1. The number of carbonyl (C=O) groups excluding carboxylic acids is 1. The molecule has 1 aliphatic rings. The highest BCUT2D eigenvalue weighted by molar-refractivity contribution is 7.91. The van der Waals surface area contributed by atoms with E-state index in [4.69, 9.17) is 16.2 Å². The minimum Gasteiger partial charge on any atom is -0.493 e. The number of fused-ring (bicyclic) bond motifs is 1. The van der Waals surface area contributed by atoms with Crippen molar-refractivity contribution in [3.05, 3.63) is 10.9 Å². The van der Waals surface area contributed by atoms with E-state index in [1.54, 1.807) is 6.07 Å². The summed E-state index contributed by atoms with van der Waals surface area (Å²) < 4.78 is 28.8. The van der Waals surface area contributed by atoms with Crippen LogP contribution in [0.3, 0.4) is 0 Å². The van der Waals surface area contributed by atoms with Crippen LogP contribution in [-0.4, -0.2) is 50.5 Å². The number of thiophene rings is 1. The van der Waals surface area contributed by atoms with Gasteiger partial charge in [-0.2, -0.15) is 0 Å². The Balaban J connectivity index is 2.09. The molecule has 0 aromatic carbocycles. The van der Waals surface area contributed by atoms with Gasteiger partial charge in [-0.25, -0.2) is 13.4 Å². The molecule has 0 unspecified atom stereocenters. The van der Waals surface area contributed by atoms with Crippen LogP contribution < -0.4 is 21.1 Å². The molecule has 2 aromatic rings. The van der Waals surface area contributed by atoms with Crippen molar-refractivity contribution in [2.24, 2.45) is 5.73 Å². The Bertz CT molecular complexity index is 893. The van der Waals surface area contributed by atoms with Crippen LogP contribution in [0.2, 0.25) is 0 Å². The van der Waals surface area contributed by atoms with E-state index in [1.165, 1.54) is 0 Å². The number of carbonyl (C=O) groups is 1. The monoisotopic (exact) mass is 370 g/mol. The Kier molecular flexibility index (Phi) is 4.26. The molecule has 3 rings (SSSR count). The summed E-state index contributed by atoms with van der Waals surface area (Å²) in [5, 5.41) is 0.573. The second-order valence-electron chi connectivity index (χ2n) is 5.44. The fraction of sp³-hybridized carbons (Fsp3) is 0.429. The lowest BCUT2D eigenvalue weighted by Crippen LogP contribution is -2.40. The van der Waals surface area contributed by atoms with E-state index in [0.29, 0.717) is 41.5 Å². The molecule has 4 N–H and O–H groups in total. The molecule has 0 aliphatic carbocycles. The first kappa shape index (κ1) is 16.8. The smallest absolute Gasteiger partial charge is 0.260 e. The quantitative estimate of drug-likeness (QED) is 0.807. The van der Waals surface area contributed by atoms with E-state index in [2.05, 4.69) is 4.98 Å². The van der Waals surface area contributed by atoms with Gasteiger partial charge in [-0.1, -0.05) is 0 Å². The van der Waals surface area contributed by atoms with E-state index in [1.807, 2.05) is 11.8 Å². The van der Waals surface area contributed by atoms with Crippen molar-refractivity contribution in [2.75, 3.05) is 41.8 Å². The van der Waals surface area contributed by atoms with Crippen LogP contribution in [0.4, 0.5) is 11.5 Å². The molecule has 0 atom stereocenters. The fourth-order valence-corrected chi connectivity index (χ4v) is 4.79. The van der Waals surface area contributed by atoms with Crippen molar-refractivity contribution in [2.45, 2.75) is 6.92 Å². The number of rotatable bonds is 4. The van der Waals surface area contributed by atoms with Gasteiger partial charge in [-0.05, 0) is 6.92 Å². The highest BCUT2D eigenvalue weighted by Crippen LogP contribution is 2.40. The van der Waals surface area contributed by atoms with E-state index >= 15 is 0 Å². The molecule has 3 heterocycles. The van der Waals surface area contributed by atoms with Gasteiger partial charge >= 0.3 is 0 Å². The lowest BCUT2D eigenvalue weighted by Gasteiger charge is -2.28. The van der Waals surface area contributed by atoms with Gasteiger partial charge in [0, 0.05) is 19.2 Å². The first-order valence-corrected chi connectivity index (χ1v) is 10.1. The molecule has 1 aliphatic heterocycles. The van der Waals surface area contributed by atoms with E-state index in [9.17, 15) is 13.2 Å². The average molecular weight is 370 g/mol. The molecule has 8 nitrogen and oxygen atoms in total. The van der Waals surface area contributed by atoms with Crippen molar-refractivity contribution in [1.82, 2.24) is 4.98 Å². The number of sulfone groups is 1. The average Bonchev–Trinajstić information content (AvgIpc) is 2.85. The minimum atomic E-state index is -2.98. The number of primary amides is 1. The van der Waals surface area contributed by atoms with Crippen LogP contribution >= 0.6 is 11.3 Å². The number of aromatic nitrogens is 1. The third-order valence-corrected chi connectivity index (χ3v) is 6.56. The molecular weight excluding hydrogens is 352 g/mol. The Hall–Kier alpha value is -2.07. The number of anilines is 2. The zero-order valence-electron chi connectivity index (χ0n) is 13.1. The summed E-state index contributed by atoms with van der Waals surface area (Å²) >= 11 is 1.11. The molecule has 10 heteroatoms. The maximum Gasteiger partial charge on any atom is 0.260 e. The lowest BCUT2D eigenvalue weighted by atomic mass is 10.2. The number of hydrogen-bond donors (Lipinski definition) is 2. The normalized spacial score (nSPS) is 17.1. The maximum absolute atomic E-state index is 11.6. The van der Waals surface area contributed by atoms with Crippen molar-refractivity contribution >= 4 is 48.8 Å². The zero-order valence-corrected chi connectivity index (χ0v) is 14.7. The summed E-state index contributed by atoms with van der Waals surface area (Å²) in [6, 6.07) is 1.73. The second kappa shape index (κ2) is 6.10. The maximum atomic E-state index is 11.6. The second-order valence-corrected chi connectivity index (χ2v) is 8.74. The topological polar surface area (TPSA) is 129 Å². The molecule has 1 amide bonds. The molecule has 0 saturated carbocycles. The van der Waals surface area contributed by atoms with Crippen molar-refractivity contribution in [3.63, 3.8) is 0 Å². The van der Waals surface area contributed by atoms with Gasteiger partial charge in [0.25, 0.3) is 5.91 Å². The van der Waals surface area contributed by atoms with Crippen molar-refractivity contribution in [3.8, 4) is 5.75 Å². The van der Waals surface area contributed by atoms with Crippen LogP contribution in [0.15, 0.2) is 6.07 Å². The molecular formula is C14H18N4O4S2. The number of nitrogen functional groups attached to an aromatic ring is 1. The third kappa shape index (κ3) is 2.98. The van der Waals surface area contributed by atoms with E-state index in [0.717, 1.165) is 11.3 Å². The summed E-state index contributed by atoms with van der Waals surface area (Å²) in [6.45, 7) is 3.01. The number of hydrogen-bond acceptors (Lipinski definition) is 8. The van der Waals surface area contributed by atoms with Crippen LogP contribution in [0.5, 0.6) is 5.75 Å². The Morgan fingerprint density at radius 2 is 2.08 bits per heavy atom. The SMILES string of the molecule is CCOc1cc(N2CCS(=O)(=O)CC2)nc2sc(C(N)=O)c(N)c12. The zero-order chi connectivity index (χ0) is 17.5. The summed E-state index contributed by atoms with van der Waals surface area (Å²) in [5.41, 5.74) is 11.7. The molecule has 0 radical (unpaired) electrons. The van der Waals surface area contributed by atoms with Crippen LogP contribution in [-0.2, 0) is 9.84 Å². The van der Waals surface area contributed by atoms with Crippen molar-refractivity contribution in [1.29, 1.82) is 0 Å². The van der Waals surface area contributed by atoms with Gasteiger partial charge in [0.2, 0.25) is 0 Å². The molecule has 0 bridgehead atoms. The van der Waals surface area contributed by atoms with E-state index < -0.39 is 15.7 Å². The van der Waals surface area contributed by atoms with Gasteiger partial charge in [-0.15, -0.1) is 11.3 Å². The predicted octanol–water partition coefficient (Wildman–Crippen LogP) is 0.611. The van der Waals surface area contributed by atoms with Crippen LogP contribution in [0.1, 0.15) is 16.6 Å². The molecule has 2 aromatic heterocycles. The summed E-state index contributed by atoms with van der Waals surface area (Å²) in [7, 11) is -2.98. The van der Waals surface area contributed by atoms with Crippen LogP contribution in [0, 0.1) is 0 Å². The van der Waals surface area contributed by atoms with Gasteiger partial charge in [0.1, 0.15) is 21.3 Å². The Labute approximate surface area is 143 Å². The third-order valence-electron chi connectivity index (χ3n) is 3.84. The highest BCUT2D eigenvalue weighted by Gasteiger charge is 2.25. The minimum absolute atomic E-state index is 0.0931. The predicted molar refractivity (Wildman–Crippen MR) is 94.6 cm³/mol. The molecule has 0 spiro atoms. The van der Waals surface area contributed by atoms with E-state index in [-0.39, 0.29) is 22.1 Å². The first-order valence-electron chi connectivity index (χ1n) is 7.43. The van der Waals surface area contributed by atoms with Gasteiger partial charge in [0.05, 0.1) is 29.2 Å². The lowest BCUT2D eigenvalue weighted by molar-refractivity contribution is 0.100. The number of pyridine rings is 1. The van der Waals surface area contributed by atoms with Gasteiger partial charge < -0.3 is 21.1 Å². The number of amides is 1. The summed E-state index contributed by atoms with van der Waals surface area (Å²) in [4.78, 5) is 18.8. The molecule has 24 heavy (non-hydrogen) atoms. The fourth-order valence-electron chi connectivity index (χ4n) is 2.63. The van der Waals surface area contributed by atoms with Gasteiger partial charge in [-0.3, -0.25) is 4.79 Å². The Morgan fingerprint density at radius 1 is 1.42 bits per heavy atom. The number of nitrogens with two attached hydrogens (primary N) is 2. The highest BCUT2D eigenvalue weighted by atomic mass is 32.2. The number of nitrogens with zero attached hydrogens (tertiary/aromatic N) is 2. The molecule has 130 valence electrons.